The van der Waals surface area contributed by atoms with Crippen LogP contribution >= 0.6 is 11.8 Å². The monoisotopic (exact) mass is 529 g/mol. The van der Waals surface area contributed by atoms with Crippen LogP contribution in [0, 0.1) is 17.8 Å². The van der Waals surface area contributed by atoms with Gasteiger partial charge in [0.1, 0.15) is 6.04 Å². The largest absolute Gasteiger partial charge is 0.394 e. The Hall–Kier alpha value is -2.06. The zero-order chi connectivity index (χ0) is 27.0. The lowest BCUT2D eigenvalue weighted by atomic mass is 9.66. The lowest BCUT2D eigenvalue weighted by molar-refractivity contribution is -0.144. The second-order valence-corrected chi connectivity index (χ2v) is 13.4. The molecule has 0 aromatic heterocycles. The molecule has 3 saturated heterocycles. The van der Waals surface area contributed by atoms with Crippen LogP contribution in [0.3, 0.4) is 0 Å². The zero-order valence-corrected chi connectivity index (χ0v) is 23.6. The van der Waals surface area contributed by atoms with E-state index in [2.05, 4.69) is 24.5 Å². The lowest BCUT2D eigenvalue weighted by Gasteiger charge is -2.39. The number of benzene rings is 1. The fourth-order valence-corrected chi connectivity index (χ4v) is 9.30. The number of nitrogens with zero attached hydrogens (tertiary/aromatic N) is 1. The van der Waals surface area contributed by atoms with Crippen molar-refractivity contribution in [2.75, 3.05) is 6.61 Å². The van der Waals surface area contributed by atoms with Crippen molar-refractivity contribution in [2.24, 2.45) is 17.8 Å². The van der Waals surface area contributed by atoms with Gasteiger partial charge in [-0.25, -0.2) is 0 Å². The number of amides is 3. The number of thioether (sulfide) groups is 1. The van der Waals surface area contributed by atoms with Crippen LogP contribution in [-0.2, 0) is 20.9 Å². The molecule has 7 nitrogen and oxygen atoms in total. The molecule has 37 heavy (non-hydrogen) atoms. The molecule has 3 N–H and O–H groups in total. The first kappa shape index (κ1) is 28.0. The Kier molecular flexibility index (Phi) is 8.29. The lowest BCUT2D eigenvalue weighted by Crippen LogP contribution is -2.58. The van der Waals surface area contributed by atoms with Gasteiger partial charge in [0.2, 0.25) is 17.7 Å². The summed E-state index contributed by atoms with van der Waals surface area (Å²) in [5.74, 6) is -1.51. The number of likely N-dealkylation sites (tertiary alicyclic amines) is 1. The molecule has 1 aromatic carbocycles. The van der Waals surface area contributed by atoms with Crippen molar-refractivity contribution < 1.29 is 19.5 Å². The van der Waals surface area contributed by atoms with Gasteiger partial charge in [-0.05, 0) is 44.6 Å². The van der Waals surface area contributed by atoms with Crippen molar-refractivity contribution >= 4 is 29.5 Å². The van der Waals surface area contributed by atoms with E-state index < -0.39 is 33.4 Å². The highest BCUT2D eigenvalue weighted by Gasteiger charge is 2.77. The van der Waals surface area contributed by atoms with E-state index in [9.17, 15) is 19.5 Å². The number of fused-ring (bicyclic) bond motifs is 1. The highest BCUT2D eigenvalue weighted by atomic mass is 32.2. The van der Waals surface area contributed by atoms with E-state index in [4.69, 9.17) is 0 Å². The molecule has 0 saturated carbocycles. The van der Waals surface area contributed by atoms with Crippen LogP contribution in [0.15, 0.2) is 30.3 Å². The number of hydrogen-bond acceptors (Lipinski definition) is 5. The molecule has 0 aliphatic carbocycles. The van der Waals surface area contributed by atoms with E-state index in [1.165, 1.54) is 0 Å². The van der Waals surface area contributed by atoms with Crippen LogP contribution in [0.1, 0.15) is 72.3 Å². The van der Waals surface area contributed by atoms with E-state index in [1.807, 2.05) is 51.1 Å². The van der Waals surface area contributed by atoms with Crippen LogP contribution in [0.2, 0.25) is 0 Å². The molecule has 3 aliphatic rings. The van der Waals surface area contributed by atoms with Gasteiger partial charge in [-0.15, -0.1) is 11.8 Å². The van der Waals surface area contributed by atoms with Crippen molar-refractivity contribution in [3.05, 3.63) is 35.9 Å². The van der Waals surface area contributed by atoms with Crippen molar-refractivity contribution in [1.82, 2.24) is 15.5 Å². The smallest absolute Gasteiger partial charge is 0.244 e. The Bertz CT molecular complexity index is 1010. The first-order chi connectivity index (χ1) is 17.6. The number of carbonyl (C=O) groups excluding carboxylic acids is 3. The Morgan fingerprint density at radius 1 is 1.16 bits per heavy atom. The van der Waals surface area contributed by atoms with Gasteiger partial charge in [0, 0.05) is 17.3 Å². The normalized spacial score (nSPS) is 32.6. The maximum atomic E-state index is 14.3. The van der Waals surface area contributed by atoms with Crippen molar-refractivity contribution in [3.63, 3.8) is 0 Å². The van der Waals surface area contributed by atoms with E-state index in [0.29, 0.717) is 13.0 Å². The SMILES string of the molecule is CCCC(C)NC(=O)C1N([C@@H](CO)[C@@H](C)CC)C(=O)[C@@H]2[C@@H](C(=O)NCc3ccccc3)[C@@]3(C)CCC12S3. The molecule has 8 heteroatoms. The van der Waals surface area contributed by atoms with E-state index >= 15 is 0 Å². The number of aliphatic hydroxyl groups excluding tert-OH is 1. The minimum Gasteiger partial charge on any atom is -0.394 e. The average molecular weight is 530 g/mol. The summed E-state index contributed by atoms with van der Waals surface area (Å²) in [4.78, 5) is 43.6. The summed E-state index contributed by atoms with van der Waals surface area (Å²) in [7, 11) is 0. The van der Waals surface area contributed by atoms with Crippen LogP contribution in [0.5, 0.6) is 0 Å². The molecule has 204 valence electrons. The van der Waals surface area contributed by atoms with Gasteiger partial charge in [0.15, 0.2) is 0 Å². The summed E-state index contributed by atoms with van der Waals surface area (Å²) in [6.45, 7) is 10.4. The minimum atomic E-state index is -0.700. The molecule has 3 fully saturated rings. The standard InChI is InChI=1S/C29H43N3O4S/c1-6-11-19(4)31-26(35)24-29-15-14-28(5,37-29)22(25(34)30-16-20-12-9-8-10-13-20)23(29)27(36)32(24)21(17-33)18(3)7-2/h8-10,12-13,18-19,21-24,33H,6-7,11,14-17H2,1-5H3,(H,30,34)(H,31,35)/t18-,19?,21-,22-,23-,24?,28+,29?/m0/s1. The molecule has 0 radical (unpaired) electrons. The Morgan fingerprint density at radius 2 is 1.86 bits per heavy atom. The molecular weight excluding hydrogens is 486 g/mol. The molecule has 8 atom stereocenters. The fourth-order valence-electron chi connectivity index (χ4n) is 6.96. The van der Waals surface area contributed by atoms with Crippen molar-refractivity contribution in [1.29, 1.82) is 0 Å². The fraction of sp³-hybridized carbons (Fsp3) is 0.690. The van der Waals surface area contributed by atoms with Crippen LogP contribution in [-0.4, -0.2) is 62.0 Å². The zero-order valence-electron chi connectivity index (χ0n) is 22.8. The minimum absolute atomic E-state index is 0.00904. The third-order valence-electron chi connectivity index (χ3n) is 9.01. The molecule has 1 spiro atoms. The summed E-state index contributed by atoms with van der Waals surface area (Å²) in [6, 6.07) is 8.59. The van der Waals surface area contributed by atoms with E-state index in [1.54, 1.807) is 16.7 Å². The molecule has 3 aliphatic heterocycles. The quantitative estimate of drug-likeness (QED) is 0.408. The molecule has 1 aromatic rings. The number of hydrogen-bond donors (Lipinski definition) is 3. The summed E-state index contributed by atoms with van der Waals surface area (Å²) >= 11 is 1.68. The summed E-state index contributed by atoms with van der Waals surface area (Å²) in [6.07, 6.45) is 4.07. The predicted molar refractivity (Wildman–Crippen MR) is 147 cm³/mol. The van der Waals surface area contributed by atoms with Gasteiger partial charge in [-0.1, -0.05) is 63.9 Å². The van der Waals surface area contributed by atoms with Gasteiger partial charge in [-0.2, -0.15) is 0 Å². The maximum absolute atomic E-state index is 14.3. The highest BCUT2D eigenvalue weighted by Crippen LogP contribution is 2.71. The van der Waals surface area contributed by atoms with Gasteiger partial charge in [0.25, 0.3) is 0 Å². The molecule has 4 rings (SSSR count). The molecular formula is C29H43N3O4S. The number of carbonyl (C=O) groups is 3. The third kappa shape index (κ3) is 4.80. The molecule has 3 unspecified atom stereocenters. The van der Waals surface area contributed by atoms with Crippen molar-refractivity contribution in [2.45, 2.75) is 101 Å². The van der Waals surface area contributed by atoms with Crippen LogP contribution in [0.25, 0.3) is 0 Å². The molecule has 3 heterocycles. The number of nitrogens with one attached hydrogen (secondary N) is 2. The second kappa shape index (κ2) is 11.0. The highest BCUT2D eigenvalue weighted by molar-refractivity contribution is 8.02. The van der Waals surface area contributed by atoms with Gasteiger partial charge in [-0.3, -0.25) is 14.4 Å². The van der Waals surface area contributed by atoms with Gasteiger partial charge >= 0.3 is 0 Å². The Labute approximate surface area is 225 Å². The summed E-state index contributed by atoms with van der Waals surface area (Å²) in [5, 5.41) is 16.7. The van der Waals surface area contributed by atoms with Crippen LogP contribution in [0.4, 0.5) is 0 Å². The first-order valence-corrected chi connectivity index (χ1v) is 14.7. The Balaban J connectivity index is 1.70. The second-order valence-electron chi connectivity index (χ2n) is 11.5. The topological polar surface area (TPSA) is 98.7 Å². The predicted octanol–water partition coefficient (Wildman–Crippen LogP) is 3.50. The van der Waals surface area contributed by atoms with Gasteiger partial charge < -0.3 is 20.6 Å². The summed E-state index contributed by atoms with van der Waals surface area (Å²) in [5.41, 5.74) is 1.00. The number of aliphatic hydroxyl groups is 1. The van der Waals surface area contributed by atoms with E-state index in [0.717, 1.165) is 31.2 Å². The molecule has 3 amide bonds. The van der Waals surface area contributed by atoms with Crippen LogP contribution < -0.4 is 10.6 Å². The Morgan fingerprint density at radius 3 is 2.49 bits per heavy atom. The van der Waals surface area contributed by atoms with E-state index in [-0.39, 0.29) is 36.3 Å². The number of rotatable bonds is 11. The van der Waals surface area contributed by atoms with Gasteiger partial charge in [0.05, 0.1) is 29.2 Å². The average Bonchev–Trinajstić information content (AvgIpc) is 3.44. The summed E-state index contributed by atoms with van der Waals surface area (Å²) < 4.78 is -1.08. The van der Waals surface area contributed by atoms with Crippen molar-refractivity contribution in [3.8, 4) is 0 Å². The third-order valence-corrected chi connectivity index (χ3v) is 11.0. The molecule has 2 bridgehead atoms. The maximum Gasteiger partial charge on any atom is 0.244 e. The first-order valence-electron chi connectivity index (χ1n) is 13.9.